The summed E-state index contributed by atoms with van der Waals surface area (Å²) < 4.78 is 0. The van der Waals surface area contributed by atoms with Crippen LogP contribution in [0.5, 0.6) is 0 Å². The Morgan fingerprint density at radius 1 is 0.727 bits per heavy atom. The third-order valence-corrected chi connectivity index (χ3v) is 3.37. The Morgan fingerprint density at radius 2 is 1.00 bits per heavy atom. The normalized spacial score (nSPS) is 43.1. The largest absolute Gasteiger partial charge is 0.0683 e. The predicted molar refractivity (Wildman–Crippen MR) is 52.6 cm³/mol. The lowest BCUT2D eigenvalue weighted by atomic mass is 9.92. The first-order chi connectivity index (χ1) is 5.13. The molecule has 0 aliphatic heterocycles. The van der Waals surface area contributed by atoms with E-state index in [1.807, 2.05) is 13.8 Å². The average molecular weight is 156 g/mol. The second kappa shape index (κ2) is 4.79. The molecule has 1 aliphatic carbocycles. The molecule has 0 amide bonds. The van der Waals surface area contributed by atoms with E-state index in [0.29, 0.717) is 0 Å². The van der Waals surface area contributed by atoms with Crippen LogP contribution in [-0.2, 0) is 0 Å². The molecule has 68 valence electrons. The minimum Gasteiger partial charge on any atom is -0.0683 e. The lowest BCUT2D eigenvalue weighted by Gasteiger charge is -2.14. The summed E-state index contributed by atoms with van der Waals surface area (Å²) in [4.78, 5) is 0. The van der Waals surface area contributed by atoms with Gasteiger partial charge in [0.05, 0.1) is 0 Å². The SMILES string of the molecule is CC.CC1CC(C)C(C)C1C. The highest BCUT2D eigenvalue weighted by molar-refractivity contribution is 4.81. The molecule has 1 fully saturated rings. The molecule has 0 radical (unpaired) electrons. The monoisotopic (exact) mass is 156 g/mol. The summed E-state index contributed by atoms with van der Waals surface area (Å²) in [5.41, 5.74) is 0. The van der Waals surface area contributed by atoms with E-state index in [-0.39, 0.29) is 0 Å². The van der Waals surface area contributed by atoms with Crippen molar-refractivity contribution in [1.82, 2.24) is 0 Å². The molecule has 0 aromatic carbocycles. The summed E-state index contributed by atoms with van der Waals surface area (Å²) in [6.07, 6.45) is 1.45. The molecule has 0 heteroatoms. The van der Waals surface area contributed by atoms with E-state index >= 15 is 0 Å². The standard InChI is InChI=1S/C9H18.C2H6/c1-6-5-7(2)9(4)8(6)3;1-2/h6-9H,5H2,1-4H3;1-2H3. The molecule has 1 rings (SSSR count). The van der Waals surface area contributed by atoms with Crippen molar-refractivity contribution in [3.8, 4) is 0 Å². The summed E-state index contributed by atoms with van der Waals surface area (Å²) >= 11 is 0. The zero-order chi connectivity index (χ0) is 9.02. The van der Waals surface area contributed by atoms with Gasteiger partial charge < -0.3 is 0 Å². The lowest BCUT2D eigenvalue weighted by molar-refractivity contribution is 0.352. The summed E-state index contributed by atoms with van der Waals surface area (Å²) in [5.74, 6) is 3.85. The summed E-state index contributed by atoms with van der Waals surface area (Å²) in [6, 6.07) is 0. The Balaban J connectivity index is 0.000000461. The van der Waals surface area contributed by atoms with Gasteiger partial charge in [-0.2, -0.15) is 0 Å². The van der Waals surface area contributed by atoms with E-state index in [0.717, 1.165) is 23.7 Å². The van der Waals surface area contributed by atoms with Crippen LogP contribution < -0.4 is 0 Å². The first kappa shape index (κ1) is 11.0. The van der Waals surface area contributed by atoms with Gasteiger partial charge in [0.25, 0.3) is 0 Å². The van der Waals surface area contributed by atoms with Crippen molar-refractivity contribution in [2.24, 2.45) is 23.7 Å². The quantitative estimate of drug-likeness (QED) is 0.498. The van der Waals surface area contributed by atoms with Gasteiger partial charge in [-0.05, 0) is 30.1 Å². The van der Waals surface area contributed by atoms with Crippen LogP contribution in [0.3, 0.4) is 0 Å². The fraction of sp³-hybridized carbons (Fsp3) is 1.00. The molecule has 0 spiro atoms. The fourth-order valence-electron chi connectivity index (χ4n) is 2.05. The van der Waals surface area contributed by atoms with Gasteiger partial charge >= 0.3 is 0 Å². The van der Waals surface area contributed by atoms with E-state index in [2.05, 4.69) is 27.7 Å². The molecule has 11 heavy (non-hydrogen) atoms. The van der Waals surface area contributed by atoms with Gasteiger partial charge in [-0.25, -0.2) is 0 Å². The third-order valence-electron chi connectivity index (χ3n) is 3.37. The van der Waals surface area contributed by atoms with Crippen molar-refractivity contribution in [3.63, 3.8) is 0 Å². The Labute approximate surface area is 72.4 Å². The van der Waals surface area contributed by atoms with Crippen LogP contribution in [0.1, 0.15) is 48.0 Å². The third kappa shape index (κ3) is 2.50. The van der Waals surface area contributed by atoms with Gasteiger partial charge in [0, 0.05) is 0 Å². The highest BCUT2D eigenvalue weighted by atomic mass is 14.4. The molecule has 1 saturated carbocycles. The maximum atomic E-state index is 2.39. The average Bonchev–Trinajstić information content (AvgIpc) is 2.22. The first-order valence-corrected chi connectivity index (χ1v) is 5.13. The lowest BCUT2D eigenvalue weighted by Crippen LogP contribution is -2.07. The minimum absolute atomic E-state index is 0.958. The van der Waals surface area contributed by atoms with Gasteiger partial charge in [0.15, 0.2) is 0 Å². The molecule has 0 N–H and O–H groups in total. The maximum Gasteiger partial charge on any atom is -0.0389 e. The van der Waals surface area contributed by atoms with Crippen LogP contribution in [-0.4, -0.2) is 0 Å². The smallest absolute Gasteiger partial charge is 0.0389 e. The van der Waals surface area contributed by atoms with E-state index in [1.54, 1.807) is 0 Å². The van der Waals surface area contributed by atoms with E-state index in [9.17, 15) is 0 Å². The maximum absolute atomic E-state index is 2.39. The Morgan fingerprint density at radius 3 is 1.09 bits per heavy atom. The molecule has 0 bridgehead atoms. The first-order valence-electron chi connectivity index (χ1n) is 5.13. The van der Waals surface area contributed by atoms with E-state index in [4.69, 9.17) is 0 Å². The molecule has 0 aromatic rings. The zero-order valence-corrected chi connectivity index (χ0v) is 9.02. The van der Waals surface area contributed by atoms with Crippen molar-refractivity contribution in [1.29, 1.82) is 0 Å². The topological polar surface area (TPSA) is 0 Å². The number of rotatable bonds is 0. The van der Waals surface area contributed by atoms with Crippen LogP contribution in [0.2, 0.25) is 0 Å². The molecule has 0 aromatic heterocycles. The molecule has 1 aliphatic rings. The molecule has 4 atom stereocenters. The van der Waals surface area contributed by atoms with Crippen molar-refractivity contribution in [3.05, 3.63) is 0 Å². The van der Waals surface area contributed by atoms with Crippen LogP contribution in [0.4, 0.5) is 0 Å². The molecular weight excluding hydrogens is 132 g/mol. The van der Waals surface area contributed by atoms with Crippen LogP contribution >= 0.6 is 0 Å². The number of hydrogen-bond acceptors (Lipinski definition) is 0. The molecular formula is C11H24. The predicted octanol–water partition coefficient (Wildman–Crippen LogP) is 3.96. The van der Waals surface area contributed by atoms with E-state index < -0.39 is 0 Å². The second-order valence-corrected chi connectivity index (χ2v) is 3.91. The van der Waals surface area contributed by atoms with Crippen molar-refractivity contribution >= 4 is 0 Å². The number of hydrogen-bond donors (Lipinski definition) is 0. The minimum atomic E-state index is 0.958. The van der Waals surface area contributed by atoms with Crippen molar-refractivity contribution < 1.29 is 0 Å². The molecule has 0 heterocycles. The van der Waals surface area contributed by atoms with Crippen molar-refractivity contribution in [2.75, 3.05) is 0 Å². The van der Waals surface area contributed by atoms with Crippen molar-refractivity contribution in [2.45, 2.75) is 48.0 Å². The highest BCUT2D eigenvalue weighted by Gasteiger charge is 2.31. The molecule has 0 nitrogen and oxygen atoms in total. The van der Waals surface area contributed by atoms with Gasteiger partial charge in [-0.1, -0.05) is 41.5 Å². The Hall–Kier alpha value is 0. The van der Waals surface area contributed by atoms with Gasteiger partial charge in [-0.3, -0.25) is 0 Å². The highest BCUT2D eigenvalue weighted by Crippen LogP contribution is 2.40. The second-order valence-electron chi connectivity index (χ2n) is 3.91. The van der Waals surface area contributed by atoms with Gasteiger partial charge in [0.2, 0.25) is 0 Å². The molecule has 4 unspecified atom stereocenters. The Bertz CT molecular complexity index is 84.2. The summed E-state index contributed by atoms with van der Waals surface area (Å²) in [6.45, 7) is 13.5. The van der Waals surface area contributed by atoms with Crippen LogP contribution in [0, 0.1) is 23.7 Å². The van der Waals surface area contributed by atoms with Gasteiger partial charge in [-0.15, -0.1) is 0 Å². The van der Waals surface area contributed by atoms with Crippen LogP contribution in [0.25, 0.3) is 0 Å². The fourth-order valence-corrected chi connectivity index (χ4v) is 2.05. The van der Waals surface area contributed by atoms with E-state index in [1.165, 1.54) is 6.42 Å². The molecule has 0 saturated heterocycles. The summed E-state index contributed by atoms with van der Waals surface area (Å²) in [7, 11) is 0. The summed E-state index contributed by atoms with van der Waals surface area (Å²) in [5, 5.41) is 0. The van der Waals surface area contributed by atoms with Crippen LogP contribution in [0.15, 0.2) is 0 Å². The van der Waals surface area contributed by atoms with Gasteiger partial charge in [0.1, 0.15) is 0 Å². The Kier molecular flexibility index (Phi) is 4.79. The zero-order valence-electron chi connectivity index (χ0n) is 9.02.